The largest absolute Gasteiger partial charge is 0.466 e. The van der Waals surface area contributed by atoms with Crippen LogP contribution >= 0.6 is 11.6 Å². The normalized spacial score (nSPS) is 19.7. The summed E-state index contributed by atoms with van der Waals surface area (Å²) in [5.74, 6) is 2.32. The molecule has 1 aliphatic carbocycles. The molecule has 0 amide bonds. The van der Waals surface area contributed by atoms with Gasteiger partial charge in [0.15, 0.2) is 0 Å². The fourth-order valence-corrected chi connectivity index (χ4v) is 3.69. The molecular formula is C24H41ClO2. The van der Waals surface area contributed by atoms with Crippen LogP contribution in [0, 0.1) is 31.6 Å². The second-order valence-electron chi connectivity index (χ2n) is 7.36. The molecular weight excluding hydrogens is 356 g/mol. The van der Waals surface area contributed by atoms with E-state index in [2.05, 4.69) is 26.8 Å². The average molecular weight is 397 g/mol. The second-order valence-corrected chi connectivity index (χ2v) is 7.76. The van der Waals surface area contributed by atoms with E-state index in [0.717, 1.165) is 16.9 Å². The summed E-state index contributed by atoms with van der Waals surface area (Å²) in [6.45, 7) is 15.1. The summed E-state index contributed by atoms with van der Waals surface area (Å²) in [6.07, 6.45) is 6.97. The van der Waals surface area contributed by atoms with Gasteiger partial charge in [0.2, 0.25) is 0 Å². The van der Waals surface area contributed by atoms with Gasteiger partial charge in [0.25, 0.3) is 0 Å². The van der Waals surface area contributed by atoms with Gasteiger partial charge in [-0.1, -0.05) is 57.8 Å². The highest BCUT2D eigenvalue weighted by atomic mass is 35.5. The van der Waals surface area contributed by atoms with Crippen LogP contribution in [-0.4, -0.2) is 12.6 Å². The summed E-state index contributed by atoms with van der Waals surface area (Å²) in [7, 11) is 0. The molecule has 1 aromatic carbocycles. The van der Waals surface area contributed by atoms with Crippen LogP contribution in [0.25, 0.3) is 0 Å². The van der Waals surface area contributed by atoms with Crippen LogP contribution in [0.15, 0.2) is 18.2 Å². The van der Waals surface area contributed by atoms with Crippen LogP contribution in [-0.2, 0) is 9.53 Å². The molecule has 1 atom stereocenters. The number of hydrogen-bond acceptors (Lipinski definition) is 2. The Balaban J connectivity index is 0.000000519. The molecule has 0 aliphatic heterocycles. The fourth-order valence-electron chi connectivity index (χ4n) is 3.47. The molecule has 156 valence electrons. The summed E-state index contributed by atoms with van der Waals surface area (Å²) in [5.41, 5.74) is 2.43. The maximum absolute atomic E-state index is 11.4. The van der Waals surface area contributed by atoms with Crippen molar-refractivity contribution in [2.45, 2.75) is 87.0 Å². The highest BCUT2D eigenvalue weighted by Gasteiger charge is 2.25. The zero-order chi connectivity index (χ0) is 20.8. The Hall–Kier alpha value is -1.02. The zero-order valence-electron chi connectivity index (χ0n) is 18.6. The lowest BCUT2D eigenvalue weighted by atomic mass is 9.75. The van der Waals surface area contributed by atoms with Crippen molar-refractivity contribution in [3.8, 4) is 0 Å². The van der Waals surface area contributed by atoms with Crippen molar-refractivity contribution in [1.82, 2.24) is 0 Å². The summed E-state index contributed by atoms with van der Waals surface area (Å²) in [5, 5.41) is 0.856. The predicted molar refractivity (Wildman–Crippen MR) is 118 cm³/mol. The Bertz CT molecular complexity index is 499. The van der Waals surface area contributed by atoms with E-state index in [1.54, 1.807) is 0 Å². The minimum Gasteiger partial charge on any atom is -0.466 e. The summed E-state index contributed by atoms with van der Waals surface area (Å²) in [4.78, 5) is 11.4. The molecule has 27 heavy (non-hydrogen) atoms. The molecule has 1 saturated carbocycles. The van der Waals surface area contributed by atoms with E-state index in [4.69, 9.17) is 16.3 Å². The number of esters is 1. The molecule has 0 radical (unpaired) electrons. The molecule has 3 heteroatoms. The van der Waals surface area contributed by atoms with Crippen LogP contribution in [0.3, 0.4) is 0 Å². The number of carbonyl (C=O) groups is 1. The molecule has 0 N–H and O–H groups in total. The number of carbonyl (C=O) groups excluding carboxylic acids is 1. The Kier molecular flexibility index (Phi) is 14.4. The van der Waals surface area contributed by atoms with Crippen molar-refractivity contribution in [2.24, 2.45) is 17.8 Å². The number of rotatable bonds is 5. The Morgan fingerprint density at radius 2 is 1.74 bits per heavy atom. The molecule has 1 aliphatic rings. The highest BCUT2D eigenvalue weighted by Crippen LogP contribution is 2.35. The van der Waals surface area contributed by atoms with Gasteiger partial charge >= 0.3 is 5.97 Å². The van der Waals surface area contributed by atoms with E-state index < -0.39 is 0 Å². The number of ether oxygens (including phenoxy) is 1. The van der Waals surface area contributed by atoms with Crippen molar-refractivity contribution in [1.29, 1.82) is 0 Å². The molecule has 0 heterocycles. The Morgan fingerprint density at radius 3 is 2.19 bits per heavy atom. The molecule has 0 spiro atoms. The Labute approximate surface area is 173 Å². The van der Waals surface area contributed by atoms with E-state index >= 15 is 0 Å². The van der Waals surface area contributed by atoms with Crippen molar-refractivity contribution >= 4 is 17.6 Å². The van der Waals surface area contributed by atoms with Crippen LogP contribution in [0.1, 0.15) is 84.3 Å². The van der Waals surface area contributed by atoms with Gasteiger partial charge in [0, 0.05) is 11.4 Å². The van der Waals surface area contributed by atoms with Gasteiger partial charge in [-0.05, 0) is 81.4 Å². The first-order valence-corrected chi connectivity index (χ1v) is 11.1. The van der Waals surface area contributed by atoms with E-state index in [1.165, 1.54) is 43.2 Å². The average Bonchev–Trinajstić information content (AvgIpc) is 2.68. The first-order valence-electron chi connectivity index (χ1n) is 10.8. The van der Waals surface area contributed by atoms with Crippen LogP contribution in [0.5, 0.6) is 0 Å². The lowest BCUT2D eigenvalue weighted by Gasteiger charge is -2.31. The van der Waals surface area contributed by atoms with Crippen molar-refractivity contribution in [3.05, 3.63) is 34.3 Å². The highest BCUT2D eigenvalue weighted by molar-refractivity contribution is 6.31. The number of benzene rings is 1. The van der Waals surface area contributed by atoms with Gasteiger partial charge in [-0.15, -0.1) is 0 Å². The molecule has 2 rings (SSSR count). The summed E-state index contributed by atoms with van der Waals surface area (Å²) in [6, 6.07) is 5.93. The van der Waals surface area contributed by atoms with Gasteiger partial charge in [0.05, 0.1) is 6.61 Å². The summed E-state index contributed by atoms with van der Waals surface area (Å²) < 4.78 is 5.00. The minimum atomic E-state index is -0.00510. The van der Waals surface area contributed by atoms with E-state index in [-0.39, 0.29) is 5.97 Å². The maximum Gasteiger partial charge on any atom is 0.306 e. The number of halogens is 1. The van der Waals surface area contributed by atoms with Gasteiger partial charge in [0.1, 0.15) is 0 Å². The third-order valence-electron chi connectivity index (χ3n) is 5.64. The smallest absolute Gasteiger partial charge is 0.306 e. The first kappa shape index (κ1) is 26.0. The number of aryl methyl sites for hydroxylation is 1. The molecule has 0 bridgehead atoms. The van der Waals surface area contributed by atoms with Crippen molar-refractivity contribution in [3.63, 3.8) is 0 Å². The third kappa shape index (κ3) is 10.2. The lowest BCUT2D eigenvalue weighted by Crippen LogP contribution is -2.22. The SMILES string of the molecule is CC.CCOC(=O)CC1CCC(C(C)CC)CC1.Cc1cccc(Cl)c1C. The number of hydrogen-bond donors (Lipinski definition) is 0. The van der Waals surface area contributed by atoms with E-state index in [1.807, 2.05) is 39.8 Å². The van der Waals surface area contributed by atoms with Crippen LogP contribution in [0.2, 0.25) is 5.02 Å². The zero-order valence-corrected chi connectivity index (χ0v) is 19.4. The standard InChI is InChI=1S/C14H26O2.C8H9Cl.C2H6/c1-4-11(3)13-8-6-12(7-9-13)10-14(15)16-5-2;1-6-4-3-5-8(9)7(6)2;1-2/h11-13H,4-10H2,1-3H3;3-5H,1-2H3;1-2H3. The molecule has 2 nitrogen and oxygen atoms in total. The van der Waals surface area contributed by atoms with Gasteiger partial charge in [-0.3, -0.25) is 4.79 Å². The van der Waals surface area contributed by atoms with E-state index in [9.17, 15) is 4.79 Å². The molecule has 1 aromatic rings. The third-order valence-corrected chi connectivity index (χ3v) is 6.05. The summed E-state index contributed by atoms with van der Waals surface area (Å²) >= 11 is 5.81. The van der Waals surface area contributed by atoms with Gasteiger partial charge in [-0.25, -0.2) is 0 Å². The second kappa shape index (κ2) is 15.0. The quantitative estimate of drug-likeness (QED) is 0.475. The first-order chi connectivity index (χ1) is 12.9. The van der Waals surface area contributed by atoms with Gasteiger partial charge < -0.3 is 4.74 Å². The molecule has 0 saturated heterocycles. The monoisotopic (exact) mass is 396 g/mol. The van der Waals surface area contributed by atoms with Crippen LogP contribution in [0.4, 0.5) is 0 Å². The predicted octanol–water partition coefficient (Wildman–Crippen LogP) is 7.78. The Morgan fingerprint density at radius 1 is 1.15 bits per heavy atom. The van der Waals surface area contributed by atoms with Crippen molar-refractivity contribution in [2.75, 3.05) is 6.61 Å². The maximum atomic E-state index is 11.4. The molecule has 0 aromatic heterocycles. The fraction of sp³-hybridized carbons (Fsp3) is 0.708. The van der Waals surface area contributed by atoms with Crippen molar-refractivity contribution < 1.29 is 9.53 Å². The van der Waals surface area contributed by atoms with Gasteiger partial charge in [-0.2, -0.15) is 0 Å². The van der Waals surface area contributed by atoms with Crippen LogP contribution < -0.4 is 0 Å². The van der Waals surface area contributed by atoms with E-state index in [0.29, 0.717) is 18.9 Å². The topological polar surface area (TPSA) is 26.3 Å². The molecule has 1 fully saturated rings. The minimum absolute atomic E-state index is 0.00510. The molecule has 1 unspecified atom stereocenters. The lowest BCUT2D eigenvalue weighted by molar-refractivity contribution is -0.144.